The lowest BCUT2D eigenvalue weighted by Gasteiger charge is -2.12. The Hall–Kier alpha value is -1.84. The van der Waals surface area contributed by atoms with Crippen molar-refractivity contribution >= 4 is 11.8 Å². The summed E-state index contributed by atoms with van der Waals surface area (Å²) in [5.41, 5.74) is 6.19. The third kappa shape index (κ3) is 4.26. The second-order valence-corrected chi connectivity index (χ2v) is 3.95. The van der Waals surface area contributed by atoms with Gasteiger partial charge >= 0.3 is 0 Å². The molecule has 0 aliphatic carbocycles. The summed E-state index contributed by atoms with van der Waals surface area (Å²) in [6.07, 6.45) is 1.25. The van der Waals surface area contributed by atoms with E-state index in [2.05, 4.69) is 5.32 Å². The van der Waals surface area contributed by atoms with Crippen molar-refractivity contribution in [3.05, 3.63) is 35.9 Å². The zero-order chi connectivity index (χ0) is 12.7. The third-order valence-electron chi connectivity index (χ3n) is 2.55. The summed E-state index contributed by atoms with van der Waals surface area (Å²) < 4.78 is 0. The second-order valence-electron chi connectivity index (χ2n) is 3.95. The molecule has 92 valence electrons. The Morgan fingerprint density at radius 1 is 1.29 bits per heavy atom. The van der Waals surface area contributed by atoms with Crippen LogP contribution < -0.4 is 11.1 Å². The molecule has 0 radical (unpaired) electrons. The molecule has 1 aromatic carbocycles. The second kappa shape index (κ2) is 6.68. The summed E-state index contributed by atoms with van der Waals surface area (Å²) in [4.78, 5) is 22.8. The summed E-state index contributed by atoms with van der Waals surface area (Å²) in [6.45, 7) is 2.34. The fraction of sp³-hybridized carbons (Fsp3) is 0.385. The number of hydrogen-bond acceptors (Lipinski definition) is 2. The number of carbonyl (C=O) groups is 2. The maximum absolute atomic E-state index is 11.7. The fourth-order valence-electron chi connectivity index (χ4n) is 1.60. The van der Waals surface area contributed by atoms with Gasteiger partial charge in [-0.1, -0.05) is 43.7 Å². The van der Waals surface area contributed by atoms with Gasteiger partial charge in [0.15, 0.2) is 0 Å². The Balaban J connectivity index is 2.50. The Morgan fingerprint density at radius 2 is 1.94 bits per heavy atom. The first kappa shape index (κ1) is 13.2. The fourth-order valence-corrected chi connectivity index (χ4v) is 1.60. The van der Waals surface area contributed by atoms with E-state index in [0.29, 0.717) is 13.0 Å². The van der Waals surface area contributed by atoms with Crippen LogP contribution in [0.5, 0.6) is 0 Å². The average Bonchev–Trinajstić information content (AvgIpc) is 2.34. The molecule has 2 amide bonds. The molecule has 0 saturated carbocycles. The van der Waals surface area contributed by atoms with E-state index in [1.54, 1.807) is 0 Å². The van der Waals surface area contributed by atoms with Crippen molar-refractivity contribution in [1.82, 2.24) is 5.32 Å². The predicted molar refractivity (Wildman–Crippen MR) is 65.9 cm³/mol. The van der Waals surface area contributed by atoms with E-state index in [4.69, 9.17) is 5.73 Å². The largest absolute Gasteiger partial charge is 0.369 e. The van der Waals surface area contributed by atoms with E-state index < -0.39 is 11.8 Å². The van der Waals surface area contributed by atoms with Crippen LogP contribution in [0.2, 0.25) is 0 Å². The third-order valence-corrected chi connectivity index (χ3v) is 2.55. The van der Waals surface area contributed by atoms with Crippen LogP contribution in [-0.2, 0) is 16.1 Å². The van der Waals surface area contributed by atoms with Crippen molar-refractivity contribution in [2.45, 2.75) is 26.3 Å². The minimum atomic E-state index is -0.719. The normalized spacial score (nSPS) is 11.8. The zero-order valence-corrected chi connectivity index (χ0v) is 9.98. The van der Waals surface area contributed by atoms with E-state index in [9.17, 15) is 9.59 Å². The van der Waals surface area contributed by atoms with Gasteiger partial charge in [-0.25, -0.2) is 0 Å². The number of nitrogens with two attached hydrogens (primary N) is 1. The first-order valence-electron chi connectivity index (χ1n) is 5.76. The van der Waals surface area contributed by atoms with E-state index in [1.807, 2.05) is 37.3 Å². The van der Waals surface area contributed by atoms with Crippen LogP contribution in [0.1, 0.15) is 25.3 Å². The van der Waals surface area contributed by atoms with Crippen LogP contribution in [0, 0.1) is 5.92 Å². The van der Waals surface area contributed by atoms with Gasteiger partial charge in [0.2, 0.25) is 11.8 Å². The number of benzene rings is 1. The van der Waals surface area contributed by atoms with Gasteiger partial charge in [0, 0.05) is 6.54 Å². The topological polar surface area (TPSA) is 72.2 Å². The van der Waals surface area contributed by atoms with Crippen LogP contribution in [0.3, 0.4) is 0 Å². The molecule has 3 N–H and O–H groups in total. The van der Waals surface area contributed by atoms with Crippen molar-refractivity contribution in [2.75, 3.05) is 0 Å². The number of carbonyl (C=O) groups excluding carboxylic acids is 2. The predicted octanol–water partition coefficient (Wildman–Crippen LogP) is 1.20. The summed E-state index contributed by atoms with van der Waals surface area (Å²) in [5.74, 6) is -1.57. The molecule has 1 atom stereocenters. The molecule has 0 saturated heterocycles. The van der Waals surface area contributed by atoms with E-state index >= 15 is 0 Å². The summed E-state index contributed by atoms with van der Waals surface area (Å²) in [6, 6.07) is 9.55. The minimum absolute atomic E-state index is 0.289. The van der Waals surface area contributed by atoms with Gasteiger partial charge < -0.3 is 11.1 Å². The Bertz CT molecular complexity index is 376. The van der Waals surface area contributed by atoms with Gasteiger partial charge in [0.05, 0.1) is 0 Å². The van der Waals surface area contributed by atoms with E-state index in [0.717, 1.165) is 12.0 Å². The highest BCUT2D eigenvalue weighted by atomic mass is 16.2. The molecule has 0 bridgehead atoms. The van der Waals surface area contributed by atoms with Crippen molar-refractivity contribution in [1.29, 1.82) is 0 Å². The Kier molecular flexibility index (Phi) is 5.20. The molecular formula is C13H18N2O2. The molecule has 0 aliphatic rings. The van der Waals surface area contributed by atoms with Gasteiger partial charge in [-0.05, 0) is 12.0 Å². The lowest BCUT2D eigenvalue weighted by molar-refractivity contribution is -0.133. The SMILES string of the molecule is CCCC(C(N)=O)C(=O)NCc1ccccc1. The van der Waals surface area contributed by atoms with Crippen molar-refractivity contribution in [3.8, 4) is 0 Å². The number of primary amides is 1. The molecule has 0 fully saturated rings. The van der Waals surface area contributed by atoms with Crippen LogP contribution in [0.4, 0.5) is 0 Å². The molecule has 0 heterocycles. The molecule has 4 nitrogen and oxygen atoms in total. The van der Waals surface area contributed by atoms with Crippen molar-refractivity contribution in [2.24, 2.45) is 11.7 Å². The number of rotatable bonds is 6. The standard InChI is InChI=1S/C13H18N2O2/c1-2-6-11(12(14)16)13(17)15-9-10-7-4-3-5-8-10/h3-5,7-8,11H,2,6,9H2,1H3,(H2,14,16)(H,15,17). The molecule has 1 unspecified atom stereocenters. The number of nitrogens with one attached hydrogen (secondary N) is 1. The van der Waals surface area contributed by atoms with Gasteiger partial charge in [0.25, 0.3) is 0 Å². The Labute approximate surface area is 101 Å². The molecule has 0 spiro atoms. The van der Waals surface area contributed by atoms with Crippen LogP contribution in [0.15, 0.2) is 30.3 Å². The highest BCUT2D eigenvalue weighted by Crippen LogP contribution is 2.06. The maximum atomic E-state index is 11.7. The molecular weight excluding hydrogens is 216 g/mol. The first-order chi connectivity index (χ1) is 8.15. The summed E-state index contributed by atoms with van der Waals surface area (Å²) >= 11 is 0. The van der Waals surface area contributed by atoms with Crippen molar-refractivity contribution < 1.29 is 9.59 Å². The summed E-state index contributed by atoms with van der Waals surface area (Å²) in [7, 11) is 0. The first-order valence-corrected chi connectivity index (χ1v) is 5.76. The number of amides is 2. The number of hydrogen-bond donors (Lipinski definition) is 2. The average molecular weight is 234 g/mol. The highest BCUT2D eigenvalue weighted by Gasteiger charge is 2.22. The quantitative estimate of drug-likeness (QED) is 0.726. The van der Waals surface area contributed by atoms with Crippen LogP contribution in [0.25, 0.3) is 0 Å². The van der Waals surface area contributed by atoms with Gasteiger partial charge in [-0.2, -0.15) is 0 Å². The molecule has 17 heavy (non-hydrogen) atoms. The highest BCUT2D eigenvalue weighted by molar-refractivity contribution is 5.99. The van der Waals surface area contributed by atoms with Gasteiger partial charge in [-0.3, -0.25) is 9.59 Å². The van der Waals surface area contributed by atoms with Crippen molar-refractivity contribution in [3.63, 3.8) is 0 Å². The molecule has 1 rings (SSSR count). The molecule has 1 aromatic rings. The summed E-state index contributed by atoms with van der Waals surface area (Å²) in [5, 5.41) is 2.73. The van der Waals surface area contributed by atoms with E-state index in [-0.39, 0.29) is 5.91 Å². The van der Waals surface area contributed by atoms with Crippen LogP contribution >= 0.6 is 0 Å². The monoisotopic (exact) mass is 234 g/mol. The Morgan fingerprint density at radius 3 is 2.47 bits per heavy atom. The lowest BCUT2D eigenvalue weighted by Crippen LogP contribution is -2.38. The lowest BCUT2D eigenvalue weighted by atomic mass is 10.0. The minimum Gasteiger partial charge on any atom is -0.369 e. The van der Waals surface area contributed by atoms with Gasteiger partial charge in [0.1, 0.15) is 5.92 Å². The molecule has 0 aliphatic heterocycles. The molecule has 4 heteroatoms. The smallest absolute Gasteiger partial charge is 0.232 e. The van der Waals surface area contributed by atoms with Gasteiger partial charge in [-0.15, -0.1) is 0 Å². The zero-order valence-electron chi connectivity index (χ0n) is 9.98. The van der Waals surface area contributed by atoms with Crippen LogP contribution in [-0.4, -0.2) is 11.8 Å². The molecule has 0 aromatic heterocycles. The van der Waals surface area contributed by atoms with E-state index in [1.165, 1.54) is 0 Å². The maximum Gasteiger partial charge on any atom is 0.232 e.